The third-order valence-electron chi connectivity index (χ3n) is 4.27. The molecule has 1 heterocycles. The second kappa shape index (κ2) is 6.07. The molecule has 5 heteroatoms. The van der Waals surface area contributed by atoms with Crippen LogP contribution in [0.3, 0.4) is 0 Å². The number of nitrogens with one attached hydrogen (secondary N) is 1. The molecule has 17 heavy (non-hydrogen) atoms. The van der Waals surface area contributed by atoms with Gasteiger partial charge in [0.25, 0.3) is 0 Å². The van der Waals surface area contributed by atoms with Gasteiger partial charge in [-0.15, -0.1) is 23.2 Å². The number of hydrogen-bond donors (Lipinski definition) is 3. The maximum absolute atomic E-state index is 10.1. The summed E-state index contributed by atoms with van der Waals surface area (Å²) in [6, 6.07) is 0.0533. The van der Waals surface area contributed by atoms with Crippen LogP contribution in [0, 0.1) is 11.8 Å². The Morgan fingerprint density at radius 2 is 1.71 bits per heavy atom. The maximum atomic E-state index is 10.1. The van der Waals surface area contributed by atoms with Crippen molar-refractivity contribution in [1.29, 1.82) is 0 Å². The summed E-state index contributed by atoms with van der Waals surface area (Å²) in [6.45, 7) is 2.06. The van der Waals surface area contributed by atoms with Gasteiger partial charge in [-0.25, -0.2) is 0 Å². The van der Waals surface area contributed by atoms with Crippen LogP contribution >= 0.6 is 23.2 Å². The molecule has 5 atom stereocenters. The topological polar surface area (TPSA) is 58.3 Å². The second-order valence-electron chi connectivity index (χ2n) is 5.40. The molecule has 2 aliphatic rings. The monoisotopic (exact) mass is 280 g/mol. The van der Waals surface area contributed by atoms with Crippen molar-refractivity contribution < 1.29 is 5.11 Å². The highest BCUT2D eigenvalue weighted by Crippen LogP contribution is 2.36. The molecule has 1 aliphatic carbocycles. The molecule has 2 fully saturated rings. The summed E-state index contributed by atoms with van der Waals surface area (Å²) in [7, 11) is 0. The van der Waals surface area contributed by atoms with E-state index >= 15 is 0 Å². The maximum Gasteiger partial charge on any atom is 0.0598 e. The highest BCUT2D eigenvalue weighted by atomic mass is 35.5. The number of alkyl halides is 2. The molecule has 0 spiro atoms. The molecule has 0 aromatic carbocycles. The summed E-state index contributed by atoms with van der Waals surface area (Å²) >= 11 is 12.3. The Labute approximate surface area is 113 Å². The van der Waals surface area contributed by atoms with Crippen LogP contribution in [0.15, 0.2) is 0 Å². The average Bonchev–Trinajstić information content (AvgIpc) is 2.34. The molecule has 4 unspecified atom stereocenters. The molecule has 1 aliphatic heterocycles. The van der Waals surface area contributed by atoms with Gasteiger partial charge in [-0.2, -0.15) is 0 Å². The molecule has 100 valence electrons. The average molecular weight is 281 g/mol. The van der Waals surface area contributed by atoms with Crippen LogP contribution in [0.5, 0.6) is 0 Å². The second-order valence-corrected chi connectivity index (χ2v) is 6.52. The SMILES string of the molecule is N[C@H](C1CCNCC1)C1CC(Cl)C(Cl)CC1O. The number of nitrogens with two attached hydrogens (primary N) is 1. The van der Waals surface area contributed by atoms with Crippen molar-refractivity contribution in [1.82, 2.24) is 5.32 Å². The molecular formula is C12H22Cl2N2O. The largest absolute Gasteiger partial charge is 0.393 e. The lowest BCUT2D eigenvalue weighted by Gasteiger charge is -2.41. The summed E-state index contributed by atoms with van der Waals surface area (Å²) in [4.78, 5) is 0. The number of rotatable bonds is 2. The Bertz CT molecular complexity index is 249. The molecule has 0 aromatic rings. The minimum atomic E-state index is -0.391. The summed E-state index contributed by atoms with van der Waals surface area (Å²) in [5.41, 5.74) is 6.33. The van der Waals surface area contributed by atoms with Crippen LogP contribution in [-0.4, -0.2) is 41.1 Å². The van der Waals surface area contributed by atoms with Gasteiger partial charge in [-0.05, 0) is 44.7 Å². The predicted molar refractivity (Wildman–Crippen MR) is 71.6 cm³/mol. The van der Waals surface area contributed by atoms with E-state index < -0.39 is 6.10 Å². The summed E-state index contributed by atoms with van der Waals surface area (Å²) in [5, 5.41) is 13.3. The van der Waals surface area contributed by atoms with E-state index in [1.165, 1.54) is 0 Å². The molecule has 0 radical (unpaired) electrons. The van der Waals surface area contributed by atoms with E-state index in [1.807, 2.05) is 0 Å². The number of aliphatic hydroxyl groups excluding tert-OH is 1. The molecule has 4 N–H and O–H groups in total. The lowest BCUT2D eigenvalue weighted by atomic mass is 9.74. The Hall–Kier alpha value is 0.460. The van der Waals surface area contributed by atoms with E-state index in [1.54, 1.807) is 0 Å². The first-order valence-electron chi connectivity index (χ1n) is 6.52. The molecule has 0 bridgehead atoms. The first-order valence-corrected chi connectivity index (χ1v) is 7.39. The Balaban J connectivity index is 1.95. The van der Waals surface area contributed by atoms with Crippen LogP contribution < -0.4 is 11.1 Å². The Morgan fingerprint density at radius 3 is 2.35 bits per heavy atom. The number of piperidine rings is 1. The standard InChI is InChI=1S/C12H22Cl2N2O/c13-9-5-8(11(17)6-10(9)14)12(15)7-1-3-16-4-2-7/h7-12,16-17H,1-6,15H2/t8?,9?,10?,11?,12-/m1/s1. The summed E-state index contributed by atoms with van der Waals surface area (Å²) in [6.07, 6.45) is 3.11. The fraction of sp³-hybridized carbons (Fsp3) is 1.00. The van der Waals surface area contributed by atoms with Gasteiger partial charge < -0.3 is 16.2 Å². The molecule has 1 saturated heterocycles. The van der Waals surface area contributed by atoms with Gasteiger partial charge in [0.2, 0.25) is 0 Å². The van der Waals surface area contributed by atoms with Crippen LogP contribution in [0.25, 0.3) is 0 Å². The zero-order valence-corrected chi connectivity index (χ0v) is 11.5. The molecule has 1 saturated carbocycles. The van der Waals surface area contributed by atoms with E-state index in [2.05, 4.69) is 5.32 Å². The minimum Gasteiger partial charge on any atom is -0.393 e. The minimum absolute atomic E-state index is 0.0533. The van der Waals surface area contributed by atoms with Crippen LogP contribution in [0.4, 0.5) is 0 Å². The molecule has 0 amide bonds. The van der Waals surface area contributed by atoms with E-state index in [4.69, 9.17) is 28.9 Å². The van der Waals surface area contributed by atoms with Gasteiger partial charge in [-0.1, -0.05) is 0 Å². The van der Waals surface area contributed by atoms with Crippen molar-refractivity contribution in [2.45, 2.75) is 48.6 Å². The lowest BCUT2D eigenvalue weighted by molar-refractivity contribution is 0.0426. The van der Waals surface area contributed by atoms with E-state index in [0.717, 1.165) is 32.4 Å². The smallest absolute Gasteiger partial charge is 0.0598 e. The van der Waals surface area contributed by atoms with Gasteiger partial charge >= 0.3 is 0 Å². The molecule has 0 aromatic heterocycles. The molecular weight excluding hydrogens is 259 g/mol. The van der Waals surface area contributed by atoms with E-state index in [-0.39, 0.29) is 22.7 Å². The van der Waals surface area contributed by atoms with Gasteiger partial charge in [0, 0.05) is 12.0 Å². The van der Waals surface area contributed by atoms with Crippen molar-refractivity contribution in [3.63, 3.8) is 0 Å². The van der Waals surface area contributed by atoms with E-state index in [9.17, 15) is 5.11 Å². The Kier molecular flexibility index (Phi) is 4.96. The van der Waals surface area contributed by atoms with Crippen molar-refractivity contribution >= 4 is 23.2 Å². The summed E-state index contributed by atoms with van der Waals surface area (Å²) < 4.78 is 0. The highest BCUT2D eigenvalue weighted by molar-refractivity contribution is 6.30. The zero-order chi connectivity index (χ0) is 12.4. The van der Waals surface area contributed by atoms with Crippen LogP contribution in [0.1, 0.15) is 25.7 Å². The lowest BCUT2D eigenvalue weighted by Crippen LogP contribution is -2.50. The first-order chi connectivity index (χ1) is 8.09. The van der Waals surface area contributed by atoms with Crippen molar-refractivity contribution in [2.75, 3.05) is 13.1 Å². The van der Waals surface area contributed by atoms with Gasteiger partial charge in [0.15, 0.2) is 0 Å². The quantitative estimate of drug-likeness (QED) is 0.669. The van der Waals surface area contributed by atoms with Crippen molar-refractivity contribution in [2.24, 2.45) is 17.6 Å². The van der Waals surface area contributed by atoms with Gasteiger partial charge in [-0.3, -0.25) is 0 Å². The number of aliphatic hydroxyl groups is 1. The van der Waals surface area contributed by atoms with Crippen molar-refractivity contribution in [3.8, 4) is 0 Å². The van der Waals surface area contributed by atoms with Gasteiger partial charge in [0.1, 0.15) is 0 Å². The normalized spacial score (nSPS) is 42.4. The third-order valence-corrected chi connectivity index (χ3v) is 5.37. The first kappa shape index (κ1) is 13.9. The number of halogens is 2. The predicted octanol–water partition coefficient (Wildman–Crippen LogP) is 1.30. The van der Waals surface area contributed by atoms with E-state index in [0.29, 0.717) is 12.3 Å². The fourth-order valence-electron chi connectivity index (χ4n) is 3.11. The molecule has 2 rings (SSSR count). The highest BCUT2D eigenvalue weighted by Gasteiger charge is 2.39. The molecule has 3 nitrogen and oxygen atoms in total. The number of hydrogen-bond acceptors (Lipinski definition) is 3. The van der Waals surface area contributed by atoms with Crippen molar-refractivity contribution in [3.05, 3.63) is 0 Å². The Morgan fingerprint density at radius 1 is 1.12 bits per heavy atom. The van der Waals surface area contributed by atoms with Crippen LogP contribution in [-0.2, 0) is 0 Å². The summed E-state index contributed by atoms with van der Waals surface area (Å²) in [5.74, 6) is 0.613. The van der Waals surface area contributed by atoms with Gasteiger partial charge in [0.05, 0.1) is 16.9 Å². The zero-order valence-electron chi connectivity index (χ0n) is 9.99. The third kappa shape index (κ3) is 3.27. The van der Waals surface area contributed by atoms with Crippen LogP contribution in [0.2, 0.25) is 0 Å². The fourth-order valence-corrected chi connectivity index (χ4v) is 3.70.